The highest BCUT2D eigenvalue weighted by Crippen LogP contribution is 2.32. The third kappa shape index (κ3) is 4.25. The van der Waals surface area contributed by atoms with Crippen molar-refractivity contribution in [3.8, 4) is 0 Å². The predicted molar refractivity (Wildman–Crippen MR) is 83.1 cm³/mol. The van der Waals surface area contributed by atoms with Crippen LogP contribution in [0, 0.1) is 11.8 Å². The Hall–Kier alpha value is -2.22. The normalized spacial score (nSPS) is 18.0. The maximum atomic E-state index is 13.3. The lowest BCUT2D eigenvalue weighted by Gasteiger charge is -2.19. The third-order valence-electron chi connectivity index (χ3n) is 4.20. The van der Waals surface area contributed by atoms with Crippen LogP contribution in [-0.2, 0) is 12.7 Å². The van der Waals surface area contributed by atoms with E-state index >= 15 is 0 Å². The van der Waals surface area contributed by atoms with Gasteiger partial charge in [-0.1, -0.05) is 6.07 Å². The summed E-state index contributed by atoms with van der Waals surface area (Å²) < 4.78 is 64.4. The number of alkyl halides is 3. The second-order valence-corrected chi connectivity index (χ2v) is 5.96. The molecule has 134 valence electrons. The molecule has 2 aromatic rings. The monoisotopic (exact) mass is 357 g/mol. The smallest absolute Gasteiger partial charge is 0.369 e. The topological polar surface area (TPSA) is 28.2 Å². The molecule has 1 saturated heterocycles. The molecule has 1 aliphatic heterocycles. The van der Waals surface area contributed by atoms with Crippen LogP contribution in [0.25, 0.3) is 0 Å². The highest BCUT2D eigenvalue weighted by atomic mass is 19.4. The molecule has 2 heterocycles. The number of nitrogens with one attached hydrogen (secondary N) is 1. The van der Waals surface area contributed by atoms with Crippen LogP contribution in [0.4, 0.5) is 27.6 Å². The molecule has 0 amide bonds. The van der Waals surface area contributed by atoms with E-state index in [9.17, 15) is 22.0 Å². The van der Waals surface area contributed by atoms with Gasteiger partial charge >= 0.3 is 6.18 Å². The molecule has 1 fully saturated rings. The minimum absolute atomic E-state index is 0.0736. The summed E-state index contributed by atoms with van der Waals surface area (Å²) in [5.74, 6) is -1.82. The Morgan fingerprint density at radius 1 is 1.16 bits per heavy atom. The van der Waals surface area contributed by atoms with Gasteiger partial charge in [-0.2, -0.15) is 17.6 Å². The van der Waals surface area contributed by atoms with Gasteiger partial charge in [0.15, 0.2) is 0 Å². The Morgan fingerprint density at radius 3 is 2.64 bits per heavy atom. The molecule has 0 bridgehead atoms. The molecular formula is C17H16F5N3. The third-order valence-corrected chi connectivity index (χ3v) is 4.20. The van der Waals surface area contributed by atoms with Gasteiger partial charge in [0.05, 0.1) is 17.4 Å². The first-order valence-corrected chi connectivity index (χ1v) is 7.78. The largest absolute Gasteiger partial charge is 0.419 e. The number of hydrogen-bond donors (Lipinski definition) is 1. The summed E-state index contributed by atoms with van der Waals surface area (Å²) in [6, 6.07) is 6.01. The average molecular weight is 357 g/mol. The fraction of sp³-hybridized carbons (Fsp3) is 0.353. The number of benzene rings is 1. The van der Waals surface area contributed by atoms with E-state index in [1.54, 1.807) is 6.07 Å². The van der Waals surface area contributed by atoms with E-state index in [4.69, 9.17) is 0 Å². The summed E-state index contributed by atoms with van der Waals surface area (Å²) in [5.41, 5.74) is -0.0836. The molecule has 0 spiro atoms. The molecule has 3 rings (SSSR count). The predicted octanol–water partition coefficient (Wildman–Crippen LogP) is 3.75. The zero-order chi connectivity index (χ0) is 18.0. The van der Waals surface area contributed by atoms with E-state index < -0.39 is 23.5 Å². The van der Waals surface area contributed by atoms with E-state index in [0.717, 1.165) is 30.8 Å². The number of aromatic nitrogens is 1. The molecule has 8 heteroatoms. The Balaban J connectivity index is 1.59. The second-order valence-electron chi connectivity index (χ2n) is 5.96. The molecule has 0 radical (unpaired) electrons. The van der Waals surface area contributed by atoms with Gasteiger partial charge in [0.2, 0.25) is 5.95 Å². The van der Waals surface area contributed by atoms with E-state index in [1.165, 1.54) is 18.3 Å². The molecule has 25 heavy (non-hydrogen) atoms. The Labute approximate surface area is 141 Å². The quantitative estimate of drug-likeness (QED) is 0.667. The second kappa shape index (κ2) is 6.95. The fourth-order valence-electron chi connectivity index (χ4n) is 2.88. The van der Waals surface area contributed by atoms with Crippen molar-refractivity contribution in [2.75, 3.05) is 18.0 Å². The van der Waals surface area contributed by atoms with Gasteiger partial charge in [-0.3, -0.25) is 0 Å². The Morgan fingerprint density at radius 2 is 1.96 bits per heavy atom. The highest BCUT2D eigenvalue weighted by Gasteiger charge is 2.34. The summed E-state index contributed by atoms with van der Waals surface area (Å²) in [7, 11) is 0. The van der Waals surface area contributed by atoms with Crippen LogP contribution in [0.1, 0.15) is 17.5 Å². The summed E-state index contributed by atoms with van der Waals surface area (Å²) in [5, 5.41) is 3.18. The summed E-state index contributed by atoms with van der Waals surface area (Å²) in [6.45, 7) is 1.59. The first kappa shape index (κ1) is 17.6. The lowest BCUT2D eigenvalue weighted by atomic mass is 10.1. The van der Waals surface area contributed by atoms with Crippen molar-refractivity contribution in [1.82, 2.24) is 10.3 Å². The molecule has 3 nitrogen and oxygen atoms in total. The number of anilines is 1. The van der Waals surface area contributed by atoms with Crippen molar-refractivity contribution in [2.24, 2.45) is 0 Å². The first-order chi connectivity index (χ1) is 11.8. The van der Waals surface area contributed by atoms with Gasteiger partial charge in [0.1, 0.15) is 5.82 Å². The van der Waals surface area contributed by atoms with Crippen LogP contribution in [-0.4, -0.2) is 24.1 Å². The number of hydrogen-bond acceptors (Lipinski definition) is 3. The van der Waals surface area contributed by atoms with Crippen molar-refractivity contribution in [2.45, 2.75) is 25.2 Å². The SMILES string of the molecule is Fc1ccc(N2CC[C@H](NCc3ccc(F)c(C(F)(F)F)c3)C2)cn1. The van der Waals surface area contributed by atoms with Gasteiger partial charge in [0, 0.05) is 25.7 Å². The number of nitrogens with zero attached hydrogens (tertiary/aromatic N) is 2. The van der Waals surface area contributed by atoms with Gasteiger partial charge in [-0.15, -0.1) is 0 Å². The zero-order valence-corrected chi connectivity index (χ0v) is 13.2. The van der Waals surface area contributed by atoms with Gasteiger partial charge < -0.3 is 10.2 Å². The molecule has 0 unspecified atom stereocenters. The molecule has 0 saturated carbocycles. The molecule has 1 aromatic carbocycles. The van der Waals surface area contributed by atoms with Gasteiger partial charge in [0.25, 0.3) is 0 Å². The standard InChI is InChI=1S/C17H16F5N3/c18-15-3-1-11(7-14(15)17(20,21)22)8-23-12-5-6-25(10-12)13-2-4-16(19)24-9-13/h1-4,7,9,12,23H,5-6,8,10H2/t12-/m0/s1. The molecule has 1 aromatic heterocycles. The maximum absolute atomic E-state index is 13.3. The van der Waals surface area contributed by atoms with E-state index in [2.05, 4.69) is 10.3 Å². The maximum Gasteiger partial charge on any atom is 0.419 e. The van der Waals surface area contributed by atoms with Crippen molar-refractivity contribution in [3.63, 3.8) is 0 Å². The highest BCUT2D eigenvalue weighted by molar-refractivity contribution is 5.45. The number of pyridine rings is 1. The minimum Gasteiger partial charge on any atom is -0.369 e. The van der Waals surface area contributed by atoms with Crippen molar-refractivity contribution in [3.05, 3.63) is 59.4 Å². The van der Waals surface area contributed by atoms with Crippen LogP contribution < -0.4 is 10.2 Å². The summed E-state index contributed by atoms with van der Waals surface area (Å²) in [4.78, 5) is 5.64. The molecule has 1 N–H and O–H groups in total. The average Bonchev–Trinajstić information content (AvgIpc) is 3.02. The number of rotatable bonds is 4. The van der Waals surface area contributed by atoms with Crippen LogP contribution >= 0.6 is 0 Å². The van der Waals surface area contributed by atoms with E-state index in [-0.39, 0.29) is 12.6 Å². The van der Waals surface area contributed by atoms with Crippen LogP contribution in [0.3, 0.4) is 0 Å². The molecule has 0 aliphatic carbocycles. The van der Waals surface area contributed by atoms with E-state index in [1.807, 2.05) is 4.90 Å². The lowest BCUT2D eigenvalue weighted by Crippen LogP contribution is -2.32. The van der Waals surface area contributed by atoms with Crippen molar-refractivity contribution < 1.29 is 22.0 Å². The van der Waals surface area contributed by atoms with Crippen LogP contribution in [0.2, 0.25) is 0 Å². The van der Waals surface area contributed by atoms with Crippen LogP contribution in [0.5, 0.6) is 0 Å². The molecule has 1 atom stereocenters. The first-order valence-electron chi connectivity index (χ1n) is 7.78. The van der Waals surface area contributed by atoms with Crippen molar-refractivity contribution in [1.29, 1.82) is 0 Å². The Kier molecular flexibility index (Phi) is 4.89. The van der Waals surface area contributed by atoms with Crippen LogP contribution in [0.15, 0.2) is 36.5 Å². The lowest BCUT2D eigenvalue weighted by molar-refractivity contribution is -0.140. The Bertz CT molecular complexity index is 730. The molecule has 1 aliphatic rings. The van der Waals surface area contributed by atoms with Gasteiger partial charge in [-0.25, -0.2) is 9.37 Å². The summed E-state index contributed by atoms with van der Waals surface area (Å²) >= 11 is 0. The van der Waals surface area contributed by atoms with Crippen molar-refractivity contribution >= 4 is 5.69 Å². The van der Waals surface area contributed by atoms with Gasteiger partial charge in [-0.05, 0) is 36.2 Å². The number of halogens is 5. The fourth-order valence-corrected chi connectivity index (χ4v) is 2.88. The zero-order valence-electron chi connectivity index (χ0n) is 13.2. The minimum atomic E-state index is -4.71. The molecular weight excluding hydrogens is 341 g/mol. The van der Waals surface area contributed by atoms with E-state index in [0.29, 0.717) is 12.1 Å². The summed E-state index contributed by atoms with van der Waals surface area (Å²) in [6.07, 6.45) is -2.46.